The number of carbonyl (C=O) groups excluding carboxylic acids is 1. The summed E-state index contributed by atoms with van der Waals surface area (Å²) in [5.41, 5.74) is 1.64. The Balaban J connectivity index is 0.000000396. The minimum absolute atomic E-state index is 0. The van der Waals surface area contributed by atoms with Crippen LogP contribution in [0.2, 0.25) is 0 Å². The van der Waals surface area contributed by atoms with E-state index >= 15 is 0 Å². The Labute approximate surface area is 131 Å². The van der Waals surface area contributed by atoms with E-state index in [4.69, 9.17) is 5.11 Å². The molecule has 0 spiro atoms. The van der Waals surface area contributed by atoms with Crippen molar-refractivity contribution < 1.29 is 30.0 Å². The van der Waals surface area contributed by atoms with Crippen LogP contribution in [0.3, 0.4) is 0 Å². The summed E-state index contributed by atoms with van der Waals surface area (Å²) in [6.07, 6.45) is 4.03. The standard InChI is InChI=1S/C10H8NO.C5H8O2.Ir/c1-8-5-6-9-4-2-3-7-11(9)10(8)12;1-4(6)3-5(2)7;/h2-6H,1H3;3,6H,1-2H3;/q-1;;. The molecule has 0 amide bonds. The first kappa shape index (κ1) is 18.3. The minimum atomic E-state index is -0.125. The van der Waals surface area contributed by atoms with Crippen LogP contribution in [0.15, 0.2) is 47.0 Å². The second-order valence-electron chi connectivity index (χ2n) is 4.13. The second-order valence-corrected chi connectivity index (χ2v) is 4.13. The zero-order valence-corrected chi connectivity index (χ0v) is 13.9. The quantitative estimate of drug-likeness (QED) is 0.413. The fraction of sp³-hybridized carbons (Fsp3) is 0.200. The summed E-state index contributed by atoms with van der Waals surface area (Å²) in [4.78, 5) is 21.5. The van der Waals surface area contributed by atoms with Gasteiger partial charge in [-0.25, -0.2) is 0 Å². The van der Waals surface area contributed by atoms with Gasteiger partial charge in [-0.15, -0.1) is 18.2 Å². The Morgan fingerprint density at radius 2 is 1.95 bits per heavy atom. The number of nitrogens with zero attached hydrogens (tertiary/aromatic N) is 1. The number of aliphatic hydroxyl groups is 1. The zero-order valence-electron chi connectivity index (χ0n) is 11.5. The molecule has 109 valence electrons. The van der Waals surface area contributed by atoms with E-state index in [0.29, 0.717) is 0 Å². The van der Waals surface area contributed by atoms with Crippen LogP contribution in [-0.4, -0.2) is 15.3 Å². The van der Waals surface area contributed by atoms with Crippen LogP contribution in [0.25, 0.3) is 5.52 Å². The second kappa shape index (κ2) is 8.46. The molecule has 2 aromatic heterocycles. The van der Waals surface area contributed by atoms with E-state index in [-0.39, 0.29) is 37.2 Å². The number of hydrogen-bond acceptors (Lipinski definition) is 3. The van der Waals surface area contributed by atoms with Gasteiger partial charge in [0.15, 0.2) is 11.3 Å². The molecule has 0 saturated heterocycles. The first-order valence-electron chi connectivity index (χ1n) is 5.78. The largest absolute Gasteiger partial charge is 0.512 e. The van der Waals surface area contributed by atoms with Crippen molar-refractivity contribution in [2.24, 2.45) is 0 Å². The number of hydrogen-bond donors (Lipinski definition) is 1. The molecule has 0 aliphatic carbocycles. The minimum Gasteiger partial charge on any atom is -0.512 e. The van der Waals surface area contributed by atoms with E-state index < -0.39 is 0 Å². The normalized spacial score (nSPS) is 10.2. The molecular weight excluding hydrogens is 434 g/mol. The predicted octanol–water partition coefficient (Wildman–Crippen LogP) is 2.44. The summed E-state index contributed by atoms with van der Waals surface area (Å²) in [5, 5.41) is 8.36. The summed E-state index contributed by atoms with van der Waals surface area (Å²) >= 11 is 0. The van der Waals surface area contributed by atoms with Crippen LogP contribution in [0.1, 0.15) is 19.4 Å². The van der Waals surface area contributed by atoms with Gasteiger partial charge in [-0.1, -0.05) is 18.3 Å². The van der Waals surface area contributed by atoms with Gasteiger partial charge in [-0.2, -0.15) is 0 Å². The molecule has 0 aliphatic heterocycles. The molecule has 1 N–H and O–H groups in total. The van der Waals surface area contributed by atoms with Gasteiger partial charge in [0.25, 0.3) is 0 Å². The van der Waals surface area contributed by atoms with Crippen molar-refractivity contribution in [1.82, 2.24) is 4.40 Å². The number of allylic oxidation sites excluding steroid dienone is 2. The number of aromatic nitrogens is 1. The number of carbonyl (C=O) groups is 1. The number of aliphatic hydroxyl groups excluding tert-OH is 1. The van der Waals surface area contributed by atoms with Crippen molar-refractivity contribution >= 4 is 11.3 Å². The number of ketones is 1. The monoisotopic (exact) mass is 451 g/mol. The molecule has 0 atom stereocenters. The summed E-state index contributed by atoms with van der Waals surface area (Å²) in [5.74, 6) is -0.0625. The van der Waals surface area contributed by atoms with Crippen LogP contribution in [0.4, 0.5) is 0 Å². The molecule has 0 saturated carbocycles. The molecule has 1 radical (unpaired) electrons. The van der Waals surface area contributed by atoms with Gasteiger partial charge in [0.1, 0.15) is 0 Å². The van der Waals surface area contributed by atoms with Crippen molar-refractivity contribution in [3.8, 4) is 0 Å². The fourth-order valence-electron chi connectivity index (χ4n) is 1.47. The van der Waals surface area contributed by atoms with Crippen LogP contribution >= 0.6 is 0 Å². The summed E-state index contributed by atoms with van der Waals surface area (Å²) in [7, 11) is 0. The number of aryl methyl sites for hydroxylation is 1. The fourth-order valence-corrected chi connectivity index (χ4v) is 1.47. The van der Waals surface area contributed by atoms with E-state index in [1.807, 2.05) is 24.3 Å². The SMILES string of the molecule is CC(=O)C=C(C)O.Cc1ccc2ccc[c-]n2c1=O.[Ir]. The van der Waals surface area contributed by atoms with Gasteiger partial charge in [0, 0.05) is 26.2 Å². The van der Waals surface area contributed by atoms with Crippen LogP contribution < -0.4 is 5.56 Å². The molecule has 0 unspecified atom stereocenters. The molecule has 0 fully saturated rings. The average molecular weight is 451 g/mol. The van der Waals surface area contributed by atoms with Gasteiger partial charge < -0.3 is 14.3 Å². The van der Waals surface area contributed by atoms with Crippen molar-refractivity contribution in [3.63, 3.8) is 0 Å². The third-order valence-corrected chi connectivity index (χ3v) is 2.28. The van der Waals surface area contributed by atoms with Crippen molar-refractivity contribution in [3.05, 3.63) is 64.3 Å². The number of fused-ring (bicyclic) bond motifs is 1. The van der Waals surface area contributed by atoms with Crippen LogP contribution in [0, 0.1) is 13.1 Å². The van der Waals surface area contributed by atoms with Crippen LogP contribution in [-0.2, 0) is 24.9 Å². The van der Waals surface area contributed by atoms with E-state index in [9.17, 15) is 9.59 Å². The first-order chi connectivity index (χ1) is 8.91. The molecule has 2 aromatic rings. The Bertz CT molecular complexity index is 670. The van der Waals surface area contributed by atoms with Crippen molar-refractivity contribution in [2.75, 3.05) is 0 Å². The Kier molecular flexibility index (Phi) is 7.73. The molecule has 20 heavy (non-hydrogen) atoms. The summed E-state index contributed by atoms with van der Waals surface area (Å²) in [6, 6.07) is 9.22. The average Bonchev–Trinajstić information content (AvgIpc) is 2.33. The zero-order chi connectivity index (χ0) is 14.4. The third kappa shape index (κ3) is 5.51. The molecule has 0 bridgehead atoms. The van der Waals surface area contributed by atoms with E-state index in [1.54, 1.807) is 13.0 Å². The Morgan fingerprint density at radius 3 is 2.45 bits per heavy atom. The van der Waals surface area contributed by atoms with Gasteiger partial charge >= 0.3 is 0 Å². The summed E-state index contributed by atoms with van der Waals surface area (Å²) in [6.45, 7) is 4.65. The van der Waals surface area contributed by atoms with Gasteiger partial charge in [0.2, 0.25) is 0 Å². The first-order valence-corrected chi connectivity index (χ1v) is 5.78. The van der Waals surface area contributed by atoms with Gasteiger partial charge in [0.05, 0.1) is 5.76 Å². The Hall–Kier alpha value is -1.71. The maximum absolute atomic E-state index is 11.5. The van der Waals surface area contributed by atoms with E-state index in [1.165, 1.54) is 24.3 Å². The third-order valence-electron chi connectivity index (χ3n) is 2.28. The van der Waals surface area contributed by atoms with Gasteiger partial charge in [-0.05, 0) is 31.9 Å². The smallest absolute Gasteiger partial charge is 0.173 e. The summed E-state index contributed by atoms with van der Waals surface area (Å²) < 4.78 is 1.52. The molecule has 4 nitrogen and oxygen atoms in total. The predicted molar refractivity (Wildman–Crippen MR) is 74.3 cm³/mol. The van der Waals surface area contributed by atoms with E-state index in [2.05, 4.69) is 6.20 Å². The Morgan fingerprint density at radius 1 is 1.30 bits per heavy atom. The molecule has 5 heteroatoms. The molecular formula is C15H16IrNO3-. The van der Waals surface area contributed by atoms with Crippen LogP contribution in [0.5, 0.6) is 0 Å². The maximum atomic E-state index is 11.5. The molecule has 2 rings (SSSR count). The molecule has 0 aliphatic rings. The molecule has 2 heterocycles. The van der Waals surface area contributed by atoms with E-state index in [0.717, 1.165) is 11.1 Å². The number of rotatable bonds is 1. The maximum Gasteiger partial charge on any atom is 0.173 e. The van der Waals surface area contributed by atoms with Crippen molar-refractivity contribution in [2.45, 2.75) is 20.8 Å². The molecule has 0 aromatic carbocycles. The van der Waals surface area contributed by atoms with Gasteiger partial charge in [-0.3, -0.25) is 4.79 Å². The number of pyridine rings is 2. The topological polar surface area (TPSA) is 58.8 Å². The van der Waals surface area contributed by atoms with Crippen molar-refractivity contribution in [1.29, 1.82) is 0 Å².